The van der Waals surface area contributed by atoms with Crippen LogP contribution in [-0.2, 0) is 0 Å². The molecular weight excluding hydrogens is 192 g/mol. The lowest BCUT2D eigenvalue weighted by Gasteiger charge is -2.03. The van der Waals surface area contributed by atoms with Gasteiger partial charge in [-0.15, -0.1) is 0 Å². The number of aromatic amines is 1. The van der Waals surface area contributed by atoms with Crippen molar-refractivity contribution in [3.05, 3.63) is 29.5 Å². The lowest BCUT2D eigenvalue weighted by Crippen LogP contribution is -1.99. The SMILES string of the molecule is CC(C)c1[nH]nc2cccc(C(=O)O)c12. The molecular formula is C11H12N2O2. The number of fused-ring (bicyclic) bond motifs is 1. The van der Waals surface area contributed by atoms with E-state index in [0.29, 0.717) is 11.1 Å². The van der Waals surface area contributed by atoms with E-state index in [4.69, 9.17) is 5.11 Å². The third-order valence-corrected chi connectivity index (χ3v) is 2.42. The van der Waals surface area contributed by atoms with E-state index < -0.39 is 5.97 Å². The summed E-state index contributed by atoms with van der Waals surface area (Å²) in [6.45, 7) is 4.01. The molecule has 0 saturated carbocycles. The van der Waals surface area contributed by atoms with E-state index in [1.54, 1.807) is 12.1 Å². The van der Waals surface area contributed by atoms with Gasteiger partial charge in [-0.2, -0.15) is 5.10 Å². The number of benzene rings is 1. The molecule has 0 bridgehead atoms. The summed E-state index contributed by atoms with van der Waals surface area (Å²) in [4.78, 5) is 11.0. The standard InChI is InChI=1S/C11H12N2O2/c1-6(2)10-9-7(11(14)15)4-3-5-8(9)12-13-10/h3-6H,1-2H3,(H,12,13)(H,14,15). The van der Waals surface area contributed by atoms with Gasteiger partial charge in [0.2, 0.25) is 0 Å². The zero-order valence-electron chi connectivity index (χ0n) is 8.61. The molecule has 0 aliphatic rings. The van der Waals surface area contributed by atoms with E-state index in [0.717, 1.165) is 11.1 Å². The van der Waals surface area contributed by atoms with Gasteiger partial charge < -0.3 is 5.11 Å². The lowest BCUT2D eigenvalue weighted by atomic mass is 10.0. The van der Waals surface area contributed by atoms with Crippen molar-refractivity contribution in [2.75, 3.05) is 0 Å². The summed E-state index contributed by atoms with van der Waals surface area (Å²) in [6, 6.07) is 5.12. The minimum absolute atomic E-state index is 0.232. The fourth-order valence-electron chi connectivity index (χ4n) is 1.69. The van der Waals surface area contributed by atoms with Crippen LogP contribution >= 0.6 is 0 Å². The number of carbonyl (C=O) groups is 1. The first-order valence-electron chi connectivity index (χ1n) is 4.81. The fraction of sp³-hybridized carbons (Fsp3) is 0.273. The molecule has 0 amide bonds. The van der Waals surface area contributed by atoms with Crippen LogP contribution in [0.4, 0.5) is 0 Å². The molecule has 4 nitrogen and oxygen atoms in total. The number of nitrogens with one attached hydrogen (secondary N) is 1. The molecule has 0 atom stereocenters. The zero-order valence-corrected chi connectivity index (χ0v) is 8.61. The number of rotatable bonds is 2. The second-order valence-electron chi connectivity index (χ2n) is 3.80. The number of carboxylic acids is 1. The van der Waals surface area contributed by atoms with Crippen LogP contribution in [0.15, 0.2) is 18.2 Å². The zero-order chi connectivity index (χ0) is 11.0. The first-order chi connectivity index (χ1) is 7.11. The Labute approximate surface area is 86.9 Å². The maximum atomic E-state index is 11.0. The average Bonchev–Trinajstić information content (AvgIpc) is 2.60. The summed E-state index contributed by atoms with van der Waals surface area (Å²) in [6.07, 6.45) is 0. The summed E-state index contributed by atoms with van der Waals surface area (Å²) in [5.74, 6) is -0.681. The van der Waals surface area contributed by atoms with Crippen molar-refractivity contribution in [3.63, 3.8) is 0 Å². The predicted octanol–water partition coefficient (Wildman–Crippen LogP) is 2.38. The van der Waals surface area contributed by atoms with E-state index in [-0.39, 0.29) is 5.92 Å². The molecule has 1 heterocycles. The molecule has 4 heteroatoms. The Morgan fingerprint density at radius 3 is 2.80 bits per heavy atom. The van der Waals surface area contributed by atoms with Crippen LogP contribution in [0.3, 0.4) is 0 Å². The maximum Gasteiger partial charge on any atom is 0.336 e. The van der Waals surface area contributed by atoms with Crippen molar-refractivity contribution >= 4 is 16.9 Å². The largest absolute Gasteiger partial charge is 0.478 e. The number of carboxylic acid groups (broad SMARTS) is 1. The van der Waals surface area contributed by atoms with Gasteiger partial charge in [-0.25, -0.2) is 4.79 Å². The topological polar surface area (TPSA) is 66.0 Å². The number of nitrogens with zero attached hydrogens (tertiary/aromatic N) is 1. The number of aromatic nitrogens is 2. The normalized spacial score (nSPS) is 11.1. The summed E-state index contributed by atoms with van der Waals surface area (Å²) < 4.78 is 0. The fourth-order valence-corrected chi connectivity index (χ4v) is 1.69. The summed E-state index contributed by atoms with van der Waals surface area (Å²) in [5, 5.41) is 16.8. The maximum absolute atomic E-state index is 11.0. The summed E-state index contributed by atoms with van der Waals surface area (Å²) >= 11 is 0. The average molecular weight is 204 g/mol. The Morgan fingerprint density at radius 1 is 1.47 bits per heavy atom. The van der Waals surface area contributed by atoms with Crippen molar-refractivity contribution in [1.82, 2.24) is 10.2 Å². The molecule has 0 radical (unpaired) electrons. The Morgan fingerprint density at radius 2 is 2.20 bits per heavy atom. The third-order valence-electron chi connectivity index (χ3n) is 2.42. The van der Waals surface area contributed by atoms with E-state index in [2.05, 4.69) is 10.2 Å². The molecule has 1 aromatic heterocycles. The molecule has 2 rings (SSSR count). The van der Waals surface area contributed by atoms with Gasteiger partial charge in [-0.3, -0.25) is 5.10 Å². The van der Waals surface area contributed by atoms with Crippen LogP contribution < -0.4 is 0 Å². The van der Waals surface area contributed by atoms with Crippen LogP contribution in [0.5, 0.6) is 0 Å². The number of aromatic carboxylic acids is 1. The molecule has 0 aliphatic heterocycles. The van der Waals surface area contributed by atoms with Crippen LogP contribution in [-0.4, -0.2) is 21.3 Å². The number of hydrogen-bond donors (Lipinski definition) is 2. The van der Waals surface area contributed by atoms with Crippen LogP contribution in [0, 0.1) is 0 Å². The van der Waals surface area contributed by atoms with Crippen LogP contribution in [0.25, 0.3) is 10.9 Å². The molecule has 78 valence electrons. The van der Waals surface area contributed by atoms with Gasteiger partial charge in [0.1, 0.15) is 0 Å². The van der Waals surface area contributed by atoms with Crippen LogP contribution in [0.2, 0.25) is 0 Å². The van der Waals surface area contributed by atoms with Gasteiger partial charge in [0.05, 0.1) is 11.1 Å². The summed E-state index contributed by atoms with van der Waals surface area (Å²) in [7, 11) is 0. The molecule has 0 saturated heterocycles. The van der Waals surface area contributed by atoms with Crippen LogP contribution in [0.1, 0.15) is 35.8 Å². The molecule has 0 aliphatic carbocycles. The quantitative estimate of drug-likeness (QED) is 0.789. The Kier molecular flexibility index (Phi) is 2.19. The van der Waals surface area contributed by atoms with E-state index >= 15 is 0 Å². The Hall–Kier alpha value is -1.84. The minimum atomic E-state index is -0.913. The molecule has 2 aromatic rings. The highest BCUT2D eigenvalue weighted by atomic mass is 16.4. The molecule has 0 unspecified atom stereocenters. The van der Waals surface area contributed by atoms with Crippen molar-refractivity contribution < 1.29 is 9.90 Å². The highest BCUT2D eigenvalue weighted by Crippen LogP contribution is 2.25. The smallest absolute Gasteiger partial charge is 0.336 e. The first-order valence-corrected chi connectivity index (χ1v) is 4.81. The van der Waals surface area contributed by atoms with Gasteiger partial charge in [0.15, 0.2) is 0 Å². The van der Waals surface area contributed by atoms with Gasteiger partial charge in [-0.05, 0) is 18.1 Å². The Bertz CT molecular complexity index is 514. The first kappa shape index (κ1) is 9.71. The van der Waals surface area contributed by atoms with E-state index in [1.807, 2.05) is 19.9 Å². The van der Waals surface area contributed by atoms with Gasteiger partial charge in [0.25, 0.3) is 0 Å². The minimum Gasteiger partial charge on any atom is -0.478 e. The molecule has 2 N–H and O–H groups in total. The second kappa shape index (κ2) is 3.38. The van der Waals surface area contributed by atoms with Crippen molar-refractivity contribution in [2.24, 2.45) is 0 Å². The van der Waals surface area contributed by atoms with Crippen molar-refractivity contribution in [2.45, 2.75) is 19.8 Å². The molecule has 0 fully saturated rings. The second-order valence-corrected chi connectivity index (χ2v) is 3.80. The van der Waals surface area contributed by atoms with E-state index in [1.165, 1.54) is 0 Å². The molecule has 15 heavy (non-hydrogen) atoms. The highest BCUT2D eigenvalue weighted by Gasteiger charge is 2.16. The third kappa shape index (κ3) is 1.48. The molecule has 1 aromatic carbocycles. The van der Waals surface area contributed by atoms with Gasteiger partial charge in [0, 0.05) is 11.1 Å². The molecule has 0 spiro atoms. The number of hydrogen-bond acceptors (Lipinski definition) is 2. The number of H-pyrrole nitrogens is 1. The van der Waals surface area contributed by atoms with Crippen molar-refractivity contribution in [3.8, 4) is 0 Å². The van der Waals surface area contributed by atoms with E-state index in [9.17, 15) is 4.79 Å². The highest BCUT2D eigenvalue weighted by molar-refractivity contribution is 6.03. The predicted molar refractivity (Wildman–Crippen MR) is 57.1 cm³/mol. The van der Waals surface area contributed by atoms with Gasteiger partial charge >= 0.3 is 5.97 Å². The monoisotopic (exact) mass is 204 g/mol. The summed E-state index contributed by atoms with van der Waals surface area (Å²) in [5.41, 5.74) is 1.89. The van der Waals surface area contributed by atoms with Crippen molar-refractivity contribution in [1.29, 1.82) is 0 Å². The lowest BCUT2D eigenvalue weighted by molar-refractivity contribution is 0.0699. The van der Waals surface area contributed by atoms with Gasteiger partial charge in [-0.1, -0.05) is 19.9 Å². The Balaban J connectivity index is 2.80.